The smallest absolute Gasteiger partial charge is 0.313 e. The monoisotopic (exact) mass is 302 g/mol. The number of carbonyl (C=O) groups is 1. The van der Waals surface area contributed by atoms with E-state index in [0.717, 1.165) is 12.0 Å². The molecule has 1 unspecified atom stereocenters. The van der Waals surface area contributed by atoms with Gasteiger partial charge in [-0.25, -0.2) is 0 Å². The normalized spacial score (nSPS) is 21.0. The van der Waals surface area contributed by atoms with E-state index in [1.807, 2.05) is 6.92 Å². The second-order valence-corrected chi connectivity index (χ2v) is 4.76. The molecule has 1 heterocycles. The van der Waals surface area contributed by atoms with Gasteiger partial charge in [0.2, 0.25) is 0 Å². The summed E-state index contributed by atoms with van der Waals surface area (Å²) in [6.07, 6.45) is 0.819. The van der Waals surface area contributed by atoms with Crippen LogP contribution in [0.2, 0.25) is 0 Å². The largest absolute Gasteiger partial charge is 0.465 e. The lowest BCUT2D eigenvalue weighted by Gasteiger charge is -2.09. The van der Waals surface area contributed by atoms with E-state index in [1.165, 1.54) is 9.13 Å². The Morgan fingerprint density at radius 3 is 2.93 bits per heavy atom. The zero-order valence-electron chi connectivity index (χ0n) is 7.92. The van der Waals surface area contributed by atoms with Gasteiger partial charge >= 0.3 is 5.97 Å². The molecular formula is C11H11IO2. The molecule has 0 bridgehead atoms. The Morgan fingerprint density at radius 1 is 1.50 bits per heavy atom. The molecule has 1 saturated heterocycles. The Bertz CT molecular complexity index is 374. The van der Waals surface area contributed by atoms with Crippen LogP contribution in [-0.4, -0.2) is 12.6 Å². The van der Waals surface area contributed by atoms with Crippen LogP contribution in [0.5, 0.6) is 0 Å². The van der Waals surface area contributed by atoms with E-state index in [1.54, 1.807) is 0 Å². The molecule has 1 aliphatic heterocycles. The van der Waals surface area contributed by atoms with E-state index in [4.69, 9.17) is 4.74 Å². The van der Waals surface area contributed by atoms with E-state index in [9.17, 15) is 4.79 Å². The van der Waals surface area contributed by atoms with Gasteiger partial charge in [0.15, 0.2) is 0 Å². The number of rotatable bonds is 1. The zero-order chi connectivity index (χ0) is 10.1. The summed E-state index contributed by atoms with van der Waals surface area (Å²) in [4.78, 5) is 11.4. The Labute approximate surface area is 96.8 Å². The molecule has 1 aromatic rings. The molecule has 0 radical (unpaired) electrons. The predicted molar refractivity (Wildman–Crippen MR) is 62.2 cm³/mol. The number of esters is 1. The summed E-state index contributed by atoms with van der Waals surface area (Å²) in [7, 11) is 0. The molecule has 1 fully saturated rings. The van der Waals surface area contributed by atoms with E-state index < -0.39 is 0 Å². The fourth-order valence-electron chi connectivity index (χ4n) is 1.77. The highest BCUT2D eigenvalue weighted by atomic mass is 127. The van der Waals surface area contributed by atoms with Crippen molar-refractivity contribution in [2.75, 3.05) is 6.61 Å². The third kappa shape index (κ3) is 1.78. The lowest BCUT2D eigenvalue weighted by atomic mass is 9.94. The van der Waals surface area contributed by atoms with Crippen LogP contribution < -0.4 is 0 Å². The first-order valence-corrected chi connectivity index (χ1v) is 5.69. The van der Waals surface area contributed by atoms with E-state index >= 15 is 0 Å². The van der Waals surface area contributed by atoms with Crippen molar-refractivity contribution in [2.24, 2.45) is 0 Å². The SMILES string of the molecule is Cc1ccc(I)cc1C1CCOC1=O. The van der Waals surface area contributed by atoms with Gasteiger partial charge in [0.1, 0.15) is 0 Å². The number of aryl methyl sites for hydroxylation is 1. The maximum Gasteiger partial charge on any atom is 0.313 e. The van der Waals surface area contributed by atoms with E-state index in [2.05, 4.69) is 40.8 Å². The minimum absolute atomic E-state index is 0.0373. The van der Waals surface area contributed by atoms with Crippen molar-refractivity contribution < 1.29 is 9.53 Å². The van der Waals surface area contributed by atoms with Crippen molar-refractivity contribution in [3.8, 4) is 0 Å². The van der Waals surface area contributed by atoms with Crippen molar-refractivity contribution in [2.45, 2.75) is 19.3 Å². The van der Waals surface area contributed by atoms with Crippen LogP contribution >= 0.6 is 22.6 Å². The first-order valence-electron chi connectivity index (χ1n) is 4.61. The average Bonchev–Trinajstić information content (AvgIpc) is 2.56. The highest BCUT2D eigenvalue weighted by Crippen LogP contribution is 2.29. The van der Waals surface area contributed by atoms with Gasteiger partial charge in [-0.2, -0.15) is 0 Å². The van der Waals surface area contributed by atoms with E-state index in [-0.39, 0.29) is 11.9 Å². The first-order chi connectivity index (χ1) is 6.68. The summed E-state index contributed by atoms with van der Waals surface area (Å²) in [6.45, 7) is 2.60. The van der Waals surface area contributed by atoms with Gasteiger partial charge in [-0.1, -0.05) is 6.07 Å². The number of carbonyl (C=O) groups excluding carboxylic acids is 1. The number of halogens is 1. The van der Waals surface area contributed by atoms with Crippen molar-refractivity contribution in [1.82, 2.24) is 0 Å². The second kappa shape index (κ2) is 3.88. The molecule has 2 nitrogen and oxygen atoms in total. The van der Waals surface area contributed by atoms with Crippen LogP contribution in [0.25, 0.3) is 0 Å². The highest BCUT2D eigenvalue weighted by Gasteiger charge is 2.29. The van der Waals surface area contributed by atoms with Crippen molar-refractivity contribution in [3.63, 3.8) is 0 Å². The fraction of sp³-hybridized carbons (Fsp3) is 0.364. The van der Waals surface area contributed by atoms with Gasteiger partial charge in [0.05, 0.1) is 12.5 Å². The predicted octanol–water partition coefficient (Wildman–Crippen LogP) is 2.63. The Hall–Kier alpha value is -0.580. The Morgan fingerprint density at radius 2 is 2.29 bits per heavy atom. The molecule has 0 aromatic heterocycles. The quantitative estimate of drug-likeness (QED) is 0.589. The van der Waals surface area contributed by atoms with Gasteiger partial charge in [-0.3, -0.25) is 4.79 Å². The highest BCUT2D eigenvalue weighted by molar-refractivity contribution is 14.1. The lowest BCUT2D eigenvalue weighted by Crippen LogP contribution is -2.07. The zero-order valence-corrected chi connectivity index (χ0v) is 10.1. The summed E-state index contributed by atoms with van der Waals surface area (Å²) < 4.78 is 6.14. The summed E-state index contributed by atoms with van der Waals surface area (Å²) in [5, 5.41) is 0. The summed E-state index contributed by atoms with van der Waals surface area (Å²) in [5.74, 6) is -0.111. The topological polar surface area (TPSA) is 26.3 Å². The Kier molecular flexibility index (Phi) is 2.76. The minimum Gasteiger partial charge on any atom is -0.465 e. The van der Waals surface area contributed by atoms with Crippen molar-refractivity contribution in [3.05, 3.63) is 32.9 Å². The van der Waals surface area contributed by atoms with Crippen LogP contribution in [0.1, 0.15) is 23.5 Å². The number of benzene rings is 1. The third-order valence-electron chi connectivity index (χ3n) is 2.55. The molecule has 1 aliphatic rings. The van der Waals surface area contributed by atoms with E-state index in [0.29, 0.717) is 6.61 Å². The maximum atomic E-state index is 11.4. The lowest BCUT2D eigenvalue weighted by molar-refractivity contribution is -0.139. The molecule has 2 rings (SSSR count). The van der Waals surface area contributed by atoms with Crippen LogP contribution in [-0.2, 0) is 9.53 Å². The summed E-state index contributed by atoms with van der Waals surface area (Å²) in [6, 6.07) is 6.19. The standard InChI is InChI=1S/C11H11IO2/c1-7-2-3-8(12)6-10(7)9-4-5-14-11(9)13/h2-3,6,9H,4-5H2,1H3. The molecular weight excluding hydrogens is 291 g/mol. The van der Waals surface area contributed by atoms with Gasteiger partial charge in [-0.15, -0.1) is 0 Å². The molecule has 3 heteroatoms. The van der Waals surface area contributed by atoms with Gasteiger partial charge < -0.3 is 4.74 Å². The van der Waals surface area contributed by atoms with Gasteiger partial charge in [0.25, 0.3) is 0 Å². The molecule has 0 spiro atoms. The van der Waals surface area contributed by atoms with Gasteiger partial charge in [0, 0.05) is 3.57 Å². The minimum atomic E-state index is -0.0740. The second-order valence-electron chi connectivity index (χ2n) is 3.51. The molecule has 74 valence electrons. The molecule has 0 saturated carbocycles. The number of cyclic esters (lactones) is 1. The van der Waals surface area contributed by atoms with Crippen molar-refractivity contribution >= 4 is 28.6 Å². The molecule has 0 N–H and O–H groups in total. The van der Waals surface area contributed by atoms with Crippen LogP contribution in [0.4, 0.5) is 0 Å². The fourth-order valence-corrected chi connectivity index (χ4v) is 2.28. The molecule has 1 aromatic carbocycles. The third-order valence-corrected chi connectivity index (χ3v) is 3.22. The number of ether oxygens (including phenoxy) is 1. The summed E-state index contributed by atoms with van der Waals surface area (Å²) >= 11 is 2.26. The molecule has 0 amide bonds. The first kappa shape index (κ1) is 9.96. The van der Waals surface area contributed by atoms with Gasteiger partial charge in [-0.05, 0) is 59.2 Å². The number of hydrogen-bond acceptors (Lipinski definition) is 2. The molecule has 0 aliphatic carbocycles. The number of hydrogen-bond donors (Lipinski definition) is 0. The Balaban J connectivity index is 2.39. The summed E-state index contributed by atoms with van der Waals surface area (Å²) in [5.41, 5.74) is 2.30. The van der Waals surface area contributed by atoms with Crippen LogP contribution in [0.15, 0.2) is 18.2 Å². The maximum absolute atomic E-state index is 11.4. The van der Waals surface area contributed by atoms with Crippen molar-refractivity contribution in [1.29, 1.82) is 0 Å². The average molecular weight is 302 g/mol. The molecule has 14 heavy (non-hydrogen) atoms. The van der Waals surface area contributed by atoms with Crippen LogP contribution in [0.3, 0.4) is 0 Å². The molecule has 1 atom stereocenters. The van der Waals surface area contributed by atoms with Crippen LogP contribution in [0, 0.1) is 10.5 Å².